The van der Waals surface area contributed by atoms with E-state index in [1.807, 2.05) is 72.8 Å². The van der Waals surface area contributed by atoms with Crippen LogP contribution in [-0.2, 0) is 9.53 Å². The third kappa shape index (κ3) is 5.21. The number of para-hydroxylation sites is 1. The number of hydrogen-bond donors (Lipinski definition) is 1. The first-order valence-electron chi connectivity index (χ1n) is 12.3. The summed E-state index contributed by atoms with van der Waals surface area (Å²) in [4.78, 5) is 44.7. The minimum atomic E-state index is -0.438. The first-order valence-corrected chi connectivity index (χ1v) is 12.3. The first-order chi connectivity index (χ1) is 18.0. The molecule has 1 aliphatic heterocycles. The van der Waals surface area contributed by atoms with E-state index < -0.39 is 12.1 Å². The summed E-state index contributed by atoms with van der Waals surface area (Å²) in [5.74, 6) is -0.828. The number of amides is 2. The van der Waals surface area contributed by atoms with Crippen molar-refractivity contribution in [3.05, 3.63) is 102 Å². The molecule has 0 radical (unpaired) electrons. The van der Waals surface area contributed by atoms with Gasteiger partial charge in [0.05, 0.1) is 23.7 Å². The van der Waals surface area contributed by atoms with Gasteiger partial charge in [-0.1, -0.05) is 66.7 Å². The van der Waals surface area contributed by atoms with Gasteiger partial charge in [-0.05, 0) is 29.3 Å². The molecule has 1 saturated heterocycles. The zero-order valence-electron chi connectivity index (χ0n) is 20.5. The van der Waals surface area contributed by atoms with Crippen molar-refractivity contribution in [3.63, 3.8) is 0 Å². The van der Waals surface area contributed by atoms with E-state index in [0.717, 1.165) is 16.5 Å². The summed E-state index contributed by atoms with van der Waals surface area (Å²) in [6.07, 6.45) is 1.66. The molecule has 186 valence electrons. The zero-order chi connectivity index (χ0) is 25.8. The van der Waals surface area contributed by atoms with Crippen LogP contribution in [0.4, 0.5) is 0 Å². The number of aromatic nitrogens is 1. The molecule has 1 unspecified atom stereocenters. The molecule has 3 aromatic carbocycles. The first kappa shape index (κ1) is 24.2. The van der Waals surface area contributed by atoms with Crippen molar-refractivity contribution in [2.75, 3.05) is 13.1 Å². The average Bonchev–Trinajstić information content (AvgIpc) is 3.33. The Hall–Kier alpha value is -4.52. The standard InChI is InChI=1S/C30H27N3O4/c1-20(34)37-24-17-23(18-32-29(35)27-15-7-11-22-12-8-16-31-28(22)27)33(19-24)30(36)26-14-6-5-13-25(26)21-9-3-2-4-10-21/h2-16,23-24H,17-19H2,1H3,(H,32,35)/t23-,24?/m0/s1. The Kier molecular flexibility index (Phi) is 6.94. The van der Waals surface area contributed by atoms with Crippen LogP contribution >= 0.6 is 0 Å². The van der Waals surface area contributed by atoms with Gasteiger partial charge in [-0.25, -0.2) is 0 Å². The third-order valence-corrected chi connectivity index (χ3v) is 6.59. The Bertz CT molecular complexity index is 1450. The molecule has 1 aromatic heterocycles. The lowest BCUT2D eigenvalue weighted by Gasteiger charge is -2.25. The molecular weight excluding hydrogens is 466 g/mol. The number of ether oxygens (including phenoxy) is 1. The van der Waals surface area contributed by atoms with Crippen molar-refractivity contribution in [2.45, 2.75) is 25.5 Å². The smallest absolute Gasteiger partial charge is 0.302 e. The predicted molar refractivity (Wildman–Crippen MR) is 141 cm³/mol. The normalized spacial score (nSPS) is 16.9. The molecule has 0 bridgehead atoms. The highest BCUT2D eigenvalue weighted by molar-refractivity contribution is 6.05. The van der Waals surface area contributed by atoms with Gasteiger partial charge in [-0.3, -0.25) is 19.4 Å². The zero-order valence-corrected chi connectivity index (χ0v) is 20.5. The number of benzene rings is 3. The molecule has 0 saturated carbocycles. The topological polar surface area (TPSA) is 88.6 Å². The van der Waals surface area contributed by atoms with Gasteiger partial charge in [-0.15, -0.1) is 0 Å². The molecule has 7 heteroatoms. The lowest BCUT2D eigenvalue weighted by atomic mass is 9.98. The summed E-state index contributed by atoms with van der Waals surface area (Å²) in [6, 6.07) is 26.1. The second kappa shape index (κ2) is 10.6. The van der Waals surface area contributed by atoms with E-state index in [-0.39, 0.29) is 30.9 Å². The summed E-state index contributed by atoms with van der Waals surface area (Å²) >= 11 is 0. The summed E-state index contributed by atoms with van der Waals surface area (Å²) in [6.45, 7) is 1.84. The number of rotatable bonds is 6. The number of fused-ring (bicyclic) bond motifs is 1. The number of carbonyl (C=O) groups is 3. The van der Waals surface area contributed by atoms with Crippen molar-refractivity contribution in [1.82, 2.24) is 15.2 Å². The van der Waals surface area contributed by atoms with Crippen LogP contribution in [0.5, 0.6) is 0 Å². The van der Waals surface area contributed by atoms with Gasteiger partial charge in [0.2, 0.25) is 0 Å². The molecule has 37 heavy (non-hydrogen) atoms. The molecule has 0 spiro atoms. The second-order valence-electron chi connectivity index (χ2n) is 9.08. The van der Waals surface area contributed by atoms with Gasteiger partial charge in [0.25, 0.3) is 11.8 Å². The number of carbonyl (C=O) groups excluding carboxylic acids is 3. The molecular formula is C30H27N3O4. The maximum Gasteiger partial charge on any atom is 0.302 e. The van der Waals surface area contributed by atoms with E-state index in [0.29, 0.717) is 23.1 Å². The summed E-state index contributed by atoms with van der Waals surface area (Å²) in [5.41, 5.74) is 3.42. The van der Waals surface area contributed by atoms with Crippen LogP contribution in [0.3, 0.4) is 0 Å². The van der Waals surface area contributed by atoms with Crippen LogP contribution in [0.25, 0.3) is 22.0 Å². The van der Waals surface area contributed by atoms with Crippen LogP contribution in [0, 0.1) is 0 Å². The molecule has 2 heterocycles. The molecule has 1 N–H and O–H groups in total. The second-order valence-corrected chi connectivity index (χ2v) is 9.08. The van der Waals surface area contributed by atoms with Gasteiger partial charge >= 0.3 is 5.97 Å². The molecule has 5 rings (SSSR count). The third-order valence-electron chi connectivity index (χ3n) is 6.59. The van der Waals surface area contributed by atoms with E-state index in [9.17, 15) is 14.4 Å². The number of hydrogen-bond acceptors (Lipinski definition) is 5. The van der Waals surface area contributed by atoms with E-state index in [4.69, 9.17) is 4.74 Å². The Balaban J connectivity index is 1.39. The largest absolute Gasteiger partial charge is 0.461 e. The van der Waals surface area contributed by atoms with Crippen LogP contribution < -0.4 is 5.32 Å². The van der Waals surface area contributed by atoms with Crippen LogP contribution in [0.1, 0.15) is 34.1 Å². The summed E-state index contributed by atoms with van der Waals surface area (Å²) < 4.78 is 5.47. The Morgan fingerprint density at radius 1 is 0.919 bits per heavy atom. The molecule has 4 aromatic rings. The Morgan fingerprint density at radius 3 is 2.46 bits per heavy atom. The van der Waals surface area contributed by atoms with Gasteiger partial charge < -0.3 is 15.0 Å². The van der Waals surface area contributed by atoms with Crippen molar-refractivity contribution in [3.8, 4) is 11.1 Å². The lowest BCUT2D eigenvalue weighted by molar-refractivity contribution is -0.145. The highest BCUT2D eigenvalue weighted by Crippen LogP contribution is 2.28. The maximum atomic E-state index is 13.8. The fourth-order valence-electron chi connectivity index (χ4n) is 4.92. The summed E-state index contributed by atoms with van der Waals surface area (Å²) in [5, 5.41) is 3.85. The van der Waals surface area contributed by atoms with Crippen molar-refractivity contribution >= 4 is 28.7 Å². The number of nitrogens with zero attached hydrogens (tertiary/aromatic N) is 2. The van der Waals surface area contributed by atoms with E-state index in [1.165, 1.54) is 6.92 Å². The Morgan fingerprint density at radius 2 is 1.65 bits per heavy atom. The predicted octanol–water partition coefficient (Wildman–Crippen LogP) is 4.48. The monoisotopic (exact) mass is 493 g/mol. The van der Waals surface area contributed by atoms with Crippen LogP contribution in [0.15, 0.2) is 91.1 Å². The number of esters is 1. The molecule has 2 atom stereocenters. The highest BCUT2D eigenvalue weighted by atomic mass is 16.5. The van der Waals surface area contributed by atoms with Crippen molar-refractivity contribution in [2.24, 2.45) is 0 Å². The number of nitrogens with one attached hydrogen (secondary N) is 1. The average molecular weight is 494 g/mol. The van der Waals surface area contributed by atoms with Crippen molar-refractivity contribution < 1.29 is 19.1 Å². The van der Waals surface area contributed by atoms with Gasteiger partial charge in [0.15, 0.2) is 0 Å². The van der Waals surface area contributed by atoms with Crippen LogP contribution in [0.2, 0.25) is 0 Å². The van der Waals surface area contributed by atoms with Gasteiger partial charge in [0.1, 0.15) is 6.10 Å². The molecule has 1 aliphatic rings. The van der Waals surface area contributed by atoms with Gasteiger partial charge in [-0.2, -0.15) is 0 Å². The molecule has 1 fully saturated rings. The lowest BCUT2D eigenvalue weighted by Crippen LogP contribution is -2.43. The SMILES string of the molecule is CC(=O)OC1C[C@@H](CNC(=O)c2cccc3cccnc23)N(C(=O)c2ccccc2-c2ccccc2)C1. The van der Waals surface area contributed by atoms with E-state index in [2.05, 4.69) is 10.3 Å². The summed E-state index contributed by atoms with van der Waals surface area (Å²) in [7, 11) is 0. The minimum absolute atomic E-state index is 0.166. The number of pyridine rings is 1. The minimum Gasteiger partial charge on any atom is -0.461 e. The molecule has 2 amide bonds. The molecule has 7 nitrogen and oxygen atoms in total. The quantitative estimate of drug-likeness (QED) is 0.400. The van der Waals surface area contributed by atoms with Crippen LogP contribution in [-0.4, -0.2) is 52.9 Å². The number of likely N-dealkylation sites (tertiary alicyclic amines) is 1. The fourth-order valence-corrected chi connectivity index (χ4v) is 4.92. The highest BCUT2D eigenvalue weighted by Gasteiger charge is 2.38. The van der Waals surface area contributed by atoms with Gasteiger partial charge in [0, 0.05) is 37.0 Å². The Labute approximate surface area is 215 Å². The van der Waals surface area contributed by atoms with Crippen molar-refractivity contribution in [1.29, 1.82) is 0 Å². The molecule has 0 aliphatic carbocycles. The van der Waals surface area contributed by atoms with E-state index >= 15 is 0 Å². The maximum absolute atomic E-state index is 13.8. The fraction of sp³-hybridized carbons (Fsp3) is 0.200. The van der Waals surface area contributed by atoms with E-state index in [1.54, 1.807) is 23.2 Å².